The Morgan fingerprint density at radius 3 is 2.50 bits per heavy atom. The molecule has 0 aromatic heterocycles. The normalized spacial score (nSPS) is 9.94. The summed E-state index contributed by atoms with van der Waals surface area (Å²) < 4.78 is 0. The molecule has 0 saturated carbocycles. The highest BCUT2D eigenvalue weighted by Crippen LogP contribution is 2.25. The summed E-state index contributed by atoms with van der Waals surface area (Å²) in [4.78, 5) is 1.83. The predicted molar refractivity (Wildman–Crippen MR) is 76.4 cm³/mol. The van der Waals surface area contributed by atoms with Gasteiger partial charge in [-0.2, -0.15) is 0 Å². The highest BCUT2D eigenvalue weighted by molar-refractivity contribution is 6.04. The van der Waals surface area contributed by atoms with Crippen molar-refractivity contribution >= 4 is 17.6 Å². The number of anilines is 1. The number of guanidine groups is 2. The Bertz CT molecular complexity index is 453. The number of benzene rings is 1. The van der Waals surface area contributed by atoms with Crippen LogP contribution in [0.4, 0.5) is 5.69 Å². The van der Waals surface area contributed by atoms with Gasteiger partial charge in [-0.25, -0.2) is 0 Å². The molecule has 0 saturated heterocycles. The monoisotopic (exact) mass is 247 g/mol. The van der Waals surface area contributed by atoms with Gasteiger partial charge in [-0.3, -0.25) is 16.1 Å². The van der Waals surface area contributed by atoms with Gasteiger partial charge in [0.1, 0.15) is 0 Å². The molecule has 0 aliphatic carbocycles. The molecule has 0 amide bonds. The molecule has 0 radical (unpaired) electrons. The van der Waals surface area contributed by atoms with Crippen LogP contribution in [0.3, 0.4) is 0 Å². The molecule has 5 nitrogen and oxygen atoms in total. The average Bonchev–Trinajstić information content (AvgIpc) is 2.31. The first kappa shape index (κ1) is 14.0. The first-order valence-electron chi connectivity index (χ1n) is 6.06. The maximum atomic E-state index is 7.98. The number of para-hydroxylation sites is 1. The molecule has 1 rings (SSSR count). The molecule has 5 heteroatoms. The fourth-order valence-corrected chi connectivity index (χ4v) is 2.01. The van der Waals surface area contributed by atoms with Gasteiger partial charge in [0.2, 0.25) is 5.96 Å². The zero-order valence-electron chi connectivity index (χ0n) is 11.2. The van der Waals surface area contributed by atoms with E-state index in [2.05, 4.69) is 18.3 Å². The third-order valence-corrected chi connectivity index (χ3v) is 2.81. The Balaban J connectivity index is 3.16. The van der Waals surface area contributed by atoms with Crippen LogP contribution in [-0.2, 0) is 6.42 Å². The summed E-state index contributed by atoms with van der Waals surface area (Å²) in [5.74, 6) is -0.0842. The van der Waals surface area contributed by atoms with Crippen LogP contribution in [0.15, 0.2) is 18.2 Å². The second-order valence-electron chi connectivity index (χ2n) is 4.07. The fraction of sp³-hybridized carbons (Fsp3) is 0.385. The van der Waals surface area contributed by atoms with Crippen molar-refractivity contribution in [3.8, 4) is 0 Å². The van der Waals surface area contributed by atoms with Gasteiger partial charge in [0.15, 0.2) is 5.96 Å². The second kappa shape index (κ2) is 6.05. The van der Waals surface area contributed by atoms with E-state index < -0.39 is 0 Å². The van der Waals surface area contributed by atoms with Gasteiger partial charge in [-0.1, -0.05) is 25.1 Å². The van der Waals surface area contributed by atoms with Gasteiger partial charge < -0.3 is 10.6 Å². The highest BCUT2D eigenvalue weighted by atomic mass is 15.3. The van der Waals surface area contributed by atoms with E-state index in [4.69, 9.17) is 16.6 Å². The summed E-state index contributed by atoms with van der Waals surface area (Å²) in [6, 6.07) is 6.11. The van der Waals surface area contributed by atoms with Crippen molar-refractivity contribution in [3.05, 3.63) is 29.3 Å². The van der Waals surface area contributed by atoms with E-state index in [-0.39, 0.29) is 11.9 Å². The quantitative estimate of drug-likeness (QED) is 0.485. The molecule has 0 unspecified atom stereocenters. The van der Waals surface area contributed by atoms with Crippen molar-refractivity contribution in [1.29, 1.82) is 10.8 Å². The Morgan fingerprint density at radius 1 is 1.33 bits per heavy atom. The molecular weight excluding hydrogens is 226 g/mol. The van der Waals surface area contributed by atoms with Gasteiger partial charge in [0.05, 0.1) is 0 Å². The van der Waals surface area contributed by atoms with E-state index in [1.165, 1.54) is 5.56 Å². The maximum Gasteiger partial charge on any atom is 0.202 e. The number of hydrogen-bond donors (Lipinski definition) is 4. The minimum atomic E-state index is -0.218. The molecule has 5 N–H and O–H groups in total. The van der Waals surface area contributed by atoms with Crippen LogP contribution in [0.2, 0.25) is 0 Å². The molecule has 1 aromatic rings. The molecule has 0 bridgehead atoms. The van der Waals surface area contributed by atoms with Crippen molar-refractivity contribution in [2.45, 2.75) is 27.2 Å². The highest BCUT2D eigenvalue weighted by Gasteiger charge is 2.16. The SMILES string of the molecule is CCc1cccc(C)c1N(CC)C(=N)NC(=N)N. The molecular formula is C13H21N5. The van der Waals surface area contributed by atoms with Crippen LogP contribution in [0.5, 0.6) is 0 Å². The van der Waals surface area contributed by atoms with E-state index in [1.807, 2.05) is 30.9 Å². The smallest absolute Gasteiger partial charge is 0.202 e. The molecule has 0 heterocycles. The number of rotatable bonds is 3. The van der Waals surface area contributed by atoms with Gasteiger partial charge in [0, 0.05) is 12.2 Å². The Kier molecular flexibility index (Phi) is 4.71. The van der Waals surface area contributed by atoms with E-state index in [9.17, 15) is 0 Å². The summed E-state index contributed by atoms with van der Waals surface area (Å²) in [6.45, 7) is 6.74. The van der Waals surface area contributed by atoms with Gasteiger partial charge in [0.25, 0.3) is 0 Å². The maximum absolute atomic E-state index is 7.98. The van der Waals surface area contributed by atoms with Crippen molar-refractivity contribution in [2.75, 3.05) is 11.4 Å². The molecule has 0 aliphatic heterocycles. The van der Waals surface area contributed by atoms with Crippen LogP contribution in [0.1, 0.15) is 25.0 Å². The molecule has 1 aromatic carbocycles. The second-order valence-corrected chi connectivity index (χ2v) is 4.07. The van der Waals surface area contributed by atoms with Crippen LogP contribution in [0.25, 0.3) is 0 Å². The van der Waals surface area contributed by atoms with Gasteiger partial charge >= 0.3 is 0 Å². The fourth-order valence-electron chi connectivity index (χ4n) is 2.01. The predicted octanol–water partition coefficient (Wildman–Crippen LogP) is 1.80. The molecule has 98 valence electrons. The molecule has 0 fully saturated rings. The lowest BCUT2D eigenvalue weighted by Crippen LogP contribution is -2.46. The van der Waals surface area contributed by atoms with E-state index >= 15 is 0 Å². The van der Waals surface area contributed by atoms with Crippen molar-refractivity contribution < 1.29 is 0 Å². The minimum Gasteiger partial charge on any atom is -0.370 e. The zero-order valence-corrected chi connectivity index (χ0v) is 11.2. The largest absolute Gasteiger partial charge is 0.370 e. The summed E-state index contributed by atoms with van der Waals surface area (Å²) in [6.07, 6.45) is 0.904. The number of nitrogens with one attached hydrogen (secondary N) is 3. The van der Waals surface area contributed by atoms with Crippen molar-refractivity contribution in [3.63, 3.8) is 0 Å². The molecule has 0 spiro atoms. The van der Waals surface area contributed by atoms with E-state index in [1.54, 1.807) is 0 Å². The average molecular weight is 247 g/mol. The minimum absolute atomic E-state index is 0.133. The lowest BCUT2D eigenvalue weighted by Gasteiger charge is -2.27. The molecule has 0 aliphatic rings. The topological polar surface area (TPSA) is 89.0 Å². The number of nitrogens with two attached hydrogens (primary N) is 1. The summed E-state index contributed by atoms with van der Waals surface area (Å²) in [7, 11) is 0. The summed E-state index contributed by atoms with van der Waals surface area (Å²) in [5.41, 5.74) is 8.61. The van der Waals surface area contributed by atoms with Crippen LogP contribution in [-0.4, -0.2) is 18.5 Å². The van der Waals surface area contributed by atoms with Gasteiger partial charge in [-0.05, 0) is 31.4 Å². The molecule has 0 atom stereocenters. The summed E-state index contributed by atoms with van der Waals surface area (Å²) >= 11 is 0. The Labute approximate surface area is 108 Å². The Morgan fingerprint density at radius 2 is 2.00 bits per heavy atom. The standard InChI is InChI=1S/C13H21N5/c1-4-10-8-6-7-9(3)11(10)18(5-2)13(16)17-12(14)15/h6-8H,4-5H2,1-3H3,(H5,14,15,16,17). The third kappa shape index (κ3) is 3.00. The third-order valence-electron chi connectivity index (χ3n) is 2.81. The van der Waals surface area contributed by atoms with E-state index in [0.29, 0.717) is 6.54 Å². The van der Waals surface area contributed by atoms with Crippen molar-refractivity contribution in [1.82, 2.24) is 5.32 Å². The van der Waals surface area contributed by atoms with Crippen molar-refractivity contribution in [2.24, 2.45) is 5.73 Å². The van der Waals surface area contributed by atoms with Gasteiger partial charge in [-0.15, -0.1) is 0 Å². The number of aryl methyl sites for hydroxylation is 2. The number of hydrogen-bond acceptors (Lipinski definition) is 2. The number of nitrogens with zero attached hydrogens (tertiary/aromatic N) is 1. The van der Waals surface area contributed by atoms with Crippen LogP contribution >= 0.6 is 0 Å². The molecule has 18 heavy (non-hydrogen) atoms. The van der Waals surface area contributed by atoms with Crippen LogP contribution < -0.4 is 16.0 Å². The lowest BCUT2D eigenvalue weighted by atomic mass is 10.0. The lowest BCUT2D eigenvalue weighted by molar-refractivity contribution is 0.973. The van der Waals surface area contributed by atoms with Crippen LogP contribution in [0, 0.1) is 17.7 Å². The first-order chi connectivity index (χ1) is 8.51. The summed E-state index contributed by atoms with van der Waals surface area (Å²) in [5, 5.41) is 17.7. The van der Waals surface area contributed by atoms with E-state index in [0.717, 1.165) is 17.7 Å². The Hall–Kier alpha value is -2.04. The zero-order chi connectivity index (χ0) is 13.7. The first-order valence-corrected chi connectivity index (χ1v) is 6.06.